The number of aryl methyl sites for hydroxylation is 1. The first kappa shape index (κ1) is 12.1. The lowest BCUT2D eigenvalue weighted by Crippen LogP contribution is -2.03. The summed E-state index contributed by atoms with van der Waals surface area (Å²) >= 11 is 0. The van der Waals surface area contributed by atoms with Crippen LogP contribution in [0.5, 0.6) is 5.75 Å². The van der Waals surface area contributed by atoms with E-state index in [1.807, 2.05) is 49.4 Å². The lowest BCUT2D eigenvalue weighted by atomic mass is 10.2. The van der Waals surface area contributed by atoms with Crippen molar-refractivity contribution in [1.29, 1.82) is 0 Å². The molecule has 2 nitrogen and oxygen atoms in total. The zero-order valence-electron chi connectivity index (χ0n) is 10.2. The number of ether oxygens (including phenoxy) is 1. The van der Waals surface area contributed by atoms with Gasteiger partial charge in [0.25, 0.3) is 0 Å². The van der Waals surface area contributed by atoms with Gasteiger partial charge in [0.1, 0.15) is 5.75 Å². The zero-order chi connectivity index (χ0) is 12.8. The summed E-state index contributed by atoms with van der Waals surface area (Å²) in [4.78, 5) is 11.6. The molecule has 0 amide bonds. The van der Waals surface area contributed by atoms with Crippen LogP contribution in [0.2, 0.25) is 0 Å². The fourth-order valence-electron chi connectivity index (χ4n) is 1.48. The SMILES string of the molecule is Cc1ccc(OC(=O)/C=C/c2ccccc2)cc1. The van der Waals surface area contributed by atoms with Gasteiger partial charge in [0, 0.05) is 6.08 Å². The molecule has 0 aliphatic rings. The van der Waals surface area contributed by atoms with Crippen LogP contribution in [-0.2, 0) is 4.79 Å². The summed E-state index contributed by atoms with van der Waals surface area (Å²) in [5, 5.41) is 0. The van der Waals surface area contributed by atoms with Gasteiger partial charge in [-0.25, -0.2) is 4.79 Å². The van der Waals surface area contributed by atoms with Crippen LogP contribution in [-0.4, -0.2) is 5.97 Å². The van der Waals surface area contributed by atoms with Crippen LogP contribution in [0.25, 0.3) is 6.08 Å². The molecule has 0 atom stereocenters. The molecule has 2 rings (SSSR count). The maximum absolute atomic E-state index is 11.6. The first-order valence-corrected chi connectivity index (χ1v) is 5.76. The molecule has 0 saturated heterocycles. The Kier molecular flexibility index (Phi) is 3.92. The Morgan fingerprint density at radius 3 is 2.33 bits per heavy atom. The van der Waals surface area contributed by atoms with Crippen molar-refractivity contribution in [2.45, 2.75) is 6.92 Å². The van der Waals surface area contributed by atoms with Crippen molar-refractivity contribution >= 4 is 12.0 Å². The van der Waals surface area contributed by atoms with Gasteiger partial charge >= 0.3 is 5.97 Å². The second kappa shape index (κ2) is 5.82. The molecule has 90 valence electrons. The van der Waals surface area contributed by atoms with E-state index in [9.17, 15) is 4.79 Å². The number of hydrogen-bond acceptors (Lipinski definition) is 2. The van der Waals surface area contributed by atoms with E-state index < -0.39 is 0 Å². The van der Waals surface area contributed by atoms with E-state index in [2.05, 4.69) is 0 Å². The highest BCUT2D eigenvalue weighted by atomic mass is 16.5. The Labute approximate surface area is 107 Å². The second-order valence-corrected chi connectivity index (χ2v) is 3.98. The number of rotatable bonds is 3. The third-order valence-corrected chi connectivity index (χ3v) is 2.45. The van der Waals surface area contributed by atoms with Gasteiger partial charge in [0.2, 0.25) is 0 Å². The summed E-state index contributed by atoms with van der Waals surface area (Å²) in [5.74, 6) is 0.186. The standard InChI is InChI=1S/C16H14O2/c1-13-7-10-15(11-8-13)18-16(17)12-9-14-5-3-2-4-6-14/h2-12H,1H3/b12-9+. The minimum absolute atomic E-state index is 0.372. The van der Waals surface area contributed by atoms with E-state index in [4.69, 9.17) is 4.74 Å². The fourth-order valence-corrected chi connectivity index (χ4v) is 1.48. The van der Waals surface area contributed by atoms with E-state index in [0.29, 0.717) is 5.75 Å². The highest BCUT2D eigenvalue weighted by Crippen LogP contribution is 2.12. The van der Waals surface area contributed by atoms with Gasteiger partial charge < -0.3 is 4.74 Å². The number of benzene rings is 2. The largest absolute Gasteiger partial charge is 0.423 e. The van der Waals surface area contributed by atoms with Crippen molar-refractivity contribution in [3.05, 3.63) is 71.8 Å². The van der Waals surface area contributed by atoms with Crippen LogP contribution in [0.1, 0.15) is 11.1 Å². The Bertz CT molecular complexity index is 539. The Hall–Kier alpha value is -2.35. The lowest BCUT2D eigenvalue weighted by Gasteiger charge is -2.01. The molecule has 0 bridgehead atoms. The molecule has 0 fully saturated rings. The second-order valence-electron chi connectivity index (χ2n) is 3.98. The maximum atomic E-state index is 11.6. The van der Waals surface area contributed by atoms with Crippen molar-refractivity contribution in [3.8, 4) is 5.75 Å². The Morgan fingerprint density at radius 1 is 1.00 bits per heavy atom. The molecule has 0 unspecified atom stereocenters. The maximum Gasteiger partial charge on any atom is 0.336 e. The zero-order valence-corrected chi connectivity index (χ0v) is 10.2. The van der Waals surface area contributed by atoms with E-state index >= 15 is 0 Å². The topological polar surface area (TPSA) is 26.3 Å². The van der Waals surface area contributed by atoms with Gasteiger partial charge in [-0.15, -0.1) is 0 Å². The van der Waals surface area contributed by atoms with Gasteiger partial charge in [0.05, 0.1) is 0 Å². The molecule has 2 aromatic carbocycles. The lowest BCUT2D eigenvalue weighted by molar-refractivity contribution is -0.128. The molecule has 0 radical (unpaired) electrons. The summed E-state index contributed by atoms with van der Waals surface area (Å²) in [6, 6.07) is 17.0. The highest BCUT2D eigenvalue weighted by molar-refractivity contribution is 5.88. The molecular formula is C16H14O2. The van der Waals surface area contributed by atoms with Crippen molar-refractivity contribution in [3.63, 3.8) is 0 Å². The van der Waals surface area contributed by atoms with Gasteiger partial charge in [-0.05, 0) is 30.7 Å². The third-order valence-electron chi connectivity index (χ3n) is 2.45. The summed E-state index contributed by atoms with van der Waals surface area (Å²) in [5.41, 5.74) is 2.10. The van der Waals surface area contributed by atoms with Crippen molar-refractivity contribution in [2.75, 3.05) is 0 Å². The van der Waals surface area contributed by atoms with Crippen molar-refractivity contribution in [2.24, 2.45) is 0 Å². The summed E-state index contributed by atoms with van der Waals surface area (Å²) in [7, 11) is 0. The van der Waals surface area contributed by atoms with Crippen LogP contribution in [0, 0.1) is 6.92 Å². The number of hydrogen-bond donors (Lipinski definition) is 0. The van der Waals surface area contributed by atoms with Crippen LogP contribution in [0.3, 0.4) is 0 Å². The molecule has 0 saturated carbocycles. The van der Waals surface area contributed by atoms with Gasteiger partial charge in [-0.1, -0.05) is 48.0 Å². The molecule has 2 aromatic rings. The minimum Gasteiger partial charge on any atom is -0.423 e. The van der Waals surface area contributed by atoms with E-state index in [0.717, 1.165) is 11.1 Å². The van der Waals surface area contributed by atoms with Crippen LogP contribution in [0.4, 0.5) is 0 Å². The minimum atomic E-state index is -0.372. The van der Waals surface area contributed by atoms with Crippen LogP contribution >= 0.6 is 0 Å². The predicted octanol–water partition coefficient (Wildman–Crippen LogP) is 3.61. The van der Waals surface area contributed by atoms with Crippen LogP contribution < -0.4 is 4.74 Å². The number of esters is 1. The van der Waals surface area contributed by atoms with Gasteiger partial charge in [0.15, 0.2) is 0 Å². The third kappa shape index (κ3) is 3.59. The van der Waals surface area contributed by atoms with E-state index in [1.165, 1.54) is 6.08 Å². The molecule has 0 spiro atoms. The predicted molar refractivity (Wildman–Crippen MR) is 72.3 cm³/mol. The summed E-state index contributed by atoms with van der Waals surface area (Å²) < 4.78 is 5.17. The first-order chi connectivity index (χ1) is 8.74. The van der Waals surface area contributed by atoms with Gasteiger partial charge in [-0.2, -0.15) is 0 Å². The molecule has 0 aliphatic carbocycles. The Balaban J connectivity index is 1.97. The quantitative estimate of drug-likeness (QED) is 0.464. The molecule has 0 aliphatic heterocycles. The summed E-state index contributed by atoms with van der Waals surface area (Å²) in [6.07, 6.45) is 3.16. The molecular weight excluding hydrogens is 224 g/mol. The average Bonchev–Trinajstić information content (AvgIpc) is 2.40. The number of carbonyl (C=O) groups excluding carboxylic acids is 1. The van der Waals surface area contributed by atoms with E-state index in [-0.39, 0.29) is 5.97 Å². The van der Waals surface area contributed by atoms with Crippen molar-refractivity contribution < 1.29 is 9.53 Å². The smallest absolute Gasteiger partial charge is 0.336 e. The average molecular weight is 238 g/mol. The fraction of sp³-hybridized carbons (Fsp3) is 0.0625. The molecule has 18 heavy (non-hydrogen) atoms. The van der Waals surface area contributed by atoms with E-state index in [1.54, 1.807) is 18.2 Å². The molecule has 2 heteroatoms. The highest BCUT2D eigenvalue weighted by Gasteiger charge is 1.99. The van der Waals surface area contributed by atoms with Gasteiger partial charge in [-0.3, -0.25) is 0 Å². The van der Waals surface area contributed by atoms with Crippen LogP contribution in [0.15, 0.2) is 60.7 Å². The summed E-state index contributed by atoms with van der Waals surface area (Å²) in [6.45, 7) is 1.99. The molecule has 0 N–H and O–H groups in total. The molecule has 0 heterocycles. The van der Waals surface area contributed by atoms with Crippen molar-refractivity contribution in [1.82, 2.24) is 0 Å². The Morgan fingerprint density at radius 2 is 1.67 bits per heavy atom. The molecule has 0 aromatic heterocycles. The first-order valence-electron chi connectivity index (χ1n) is 5.76. The monoisotopic (exact) mass is 238 g/mol. The normalized spacial score (nSPS) is 10.5. The number of carbonyl (C=O) groups is 1.